The number of nitrogens with one attached hydrogen (secondary N) is 2. The Kier molecular flexibility index (Phi) is 5.22. The number of benzene rings is 1. The van der Waals surface area contributed by atoms with Crippen LogP contribution in [0.5, 0.6) is 0 Å². The summed E-state index contributed by atoms with van der Waals surface area (Å²) < 4.78 is 5.86. The van der Waals surface area contributed by atoms with Gasteiger partial charge in [0, 0.05) is 51.1 Å². The highest BCUT2D eigenvalue weighted by Gasteiger charge is 2.11. The number of carbonyl (C=O) groups is 1. The Hall–Kier alpha value is -2.01. The lowest BCUT2D eigenvalue weighted by Gasteiger charge is -2.12. The second-order valence-corrected chi connectivity index (χ2v) is 5.16. The van der Waals surface area contributed by atoms with E-state index in [-0.39, 0.29) is 6.03 Å². The number of carbonyl (C=O) groups excluding carboxylic acids is 1. The lowest BCUT2D eigenvalue weighted by atomic mass is 10.1. The summed E-state index contributed by atoms with van der Waals surface area (Å²) in [6, 6.07) is 8.02. The predicted molar refractivity (Wildman–Crippen MR) is 84.4 cm³/mol. The molecular formula is C16H23N3O2. The Morgan fingerprint density at radius 3 is 2.71 bits per heavy atom. The van der Waals surface area contributed by atoms with Gasteiger partial charge in [0.25, 0.3) is 0 Å². The minimum absolute atomic E-state index is 0.0696. The van der Waals surface area contributed by atoms with Crippen LogP contribution in [-0.4, -0.2) is 38.1 Å². The van der Waals surface area contributed by atoms with E-state index < -0.39 is 0 Å². The fourth-order valence-electron chi connectivity index (χ4n) is 2.26. The normalized spacial score (nSPS) is 10.8. The highest BCUT2D eigenvalue weighted by Crippen LogP contribution is 2.25. The Labute approximate surface area is 125 Å². The number of para-hydroxylation sites is 1. The number of urea groups is 1. The van der Waals surface area contributed by atoms with E-state index in [0.29, 0.717) is 6.54 Å². The van der Waals surface area contributed by atoms with Crippen LogP contribution in [0.4, 0.5) is 4.79 Å². The highest BCUT2D eigenvalue weighted by atomic mass is 16.3. The molecule has 0 fully saturated rings. The first-order valence-corrected chi connectivity index (χ1v) is 7.28. The Balaban J connectivity index is 1.90. The van der Waals surface area contributed by atoms with Crippen LogP contribution < -0.4 is 10.6 Å². The van der Waals surface area contributed by atoms with Crippen molar-refractivity contribution in [3.63, 3.8) is 0 Å². The molecule has 1 aromatic heterocycles. The van der Waals surface area contributed by atoms with Crippen molar-refractivity contribution in [2.24, 2.45) is 0 Å². The standard InChI is InChI=1S/C16H23N3O2/c1-4-14-13(12-7-5-6-8-15(12)21-14)11-17-9-10-18-16(20)19(2)3/h5-8,17H,4,9-11H2,1-3H3,(H,18,20). The Bertz CT molecular complexity index is 605. The molecule has 0 bridgehead atoms. The van der Waals surface area contributed by atoms with Crippen LogP contribution in [0.15, 0.2) is 28.7 Å². The van der Waals surface area contributed by atoms with Crippen molar-refractivity contribution in [1.82, 2.24) is 15.5 Å². The number of rotatable bonds is 6. The summed E-state index contributed by atoms with van der Waals surface area (Å²) in [7, 11) is 3.46. The summed E-state index contributed by atoms with van der Waals surface area (Å²) in [6.45, 7) is 4.17. The van der Waals surface area contributed by atoms with Gasteiger partial charge in [-0.1, -0.05) is 25.1 Å². The molecule has 2 amide bonds. The molecule has 0 saturated carbocycles. The van der Waals surface area contributed by atoms with Gasteiger partial charge in [-0.15, -0.1) is 0 Å². The van der Waals surface area contributed by atoms with Gasteiger partial charge in [-0.25, -0.2) is 4.79 Å². The maximum atomic E-state index is 11.4. The van der Waals surface area contributed by atoms with Gasteiger partial charge >= 0.3 is 6.03 Å². The van der Waals surface area contributed by atoms with E-state index in [9.17, 15) is 4.79 Å². The molecule has 0 unspecified atom stereocenters. The molecule has 0 aliphatic carbocycles. The van der Waals surface area contributed by atoms with Crippen LogP contribution in [0.1, 0.15) is 18.2 Å². The van der Waals surface area contributed by atoms with E-state index in [1.165, 1.54) is 15.8 Å². The van der Waals surface area contributed by atoms with Gasteiger partial charge in [-0.05, 0) is 6.07 Å². The molecule has 21 heavy (non-hydrogen) atoms. The van der Waals surface area contributed by atoms with Gasteiger partial charge in [-0.2, -0.15) is 0 Å². The molecule has 0 atom stereocenters. The Morgan fingerprint density at radius 1 is 1.24 bits per heavy atom. The van der Waals surface area contributed by atoms with Gasteiger partial charge < -0.3 is 20.0 Å². The second kappa shape index (κ2) is 7.13. The number of hydrogen-bond acceptors (Lipinski definition) is 3. The molecule has 2 aromatic rings. The van der Waals surface area contributed by atoms with E-state index in [2.05, 4.69) is 23.6 Å². The molecule has 0 aliphatic heterocycles. The lowest BCUT2D eigenvalue weighted by molar-refractivity contribution is 0.217. The van der Waals surface area contributed by atoms with Crippen molar-refractivity contribution >= 4 is 17.0 Å². The van der Waals surface area contributed by atoms with Crippen molar-refractivity contribution in [2.75, 3.05) is 27.2 Å². The number of amides is 2. The minimum atomic E-state index is -0.0696. The maximum absolute atomic E-state index is 11.4. The molecule has 5 heteroatoms. The fourth-order valence-corrected chi connectivity index (χ4v) is 2.26. The first-order valence-electron chi connectivity index (χ1n) is 7.28. The average Bonchev–Trinajstić information content (AvgIpc) is 2.84. The number of aryl methyl sites for hydroxylation is 1. The monoisotopic (exact) mass is 289 g/mol. The summed E-state index contributed by atoms with van der Waals surface area (Å²) in [5.41, 5.74) is 2.15. The topological polar surface area (TPSA) is 57.5 Å². The van der Waals surface area contributed by atoms with Crippen LogP contribution >= 0.6 is 0 Å². The molecule has 1 aromatic carbocycles. The number of hydrogen-bond donors (Lipinski definition) is 2. The van der Waals surface area contributed by atoms with Crippen LogP contribution in [0.3, 0.4) is 0 Å². The Morgan fingerprint density at radius 2 is 2.00 bits per heavy atom. The third-order valence-electron chi connectivity index (χ3n) is 3.39. The zero-order valence-corrected chi connectivity index (χ0v) is 12.9. The molecule has 2 rings (SSSR count). The van der Waals surface area contributed by atoms with Crippen molar-refractivity contribution < 1.29 is 9.21 Å². The zero-order chi connectivity index (χ0) is 15.2. The quantitative estimate of drug-likeness (QED) is 0.803. The molecule has 114 valence electrons. The lowest BCUT2D eigenvalue weighted by Crippen LogP contribution is -2.38. The van der Waals surface area contributed by atoms with Crippen LogP contribution in [-0.2, 0) is 13.0 Å². The summed E-state index contributed by atoms with van der Waals surface area (Å²) >= 11 is 0. The van der Waals surface area contributed by atoms with Crippen molar-refractivity contribution in [2.45, 2.75) is 19.9 Å². The predicted octanol–water partition coefficient (Wildman–Crippen LogP) is 2.36. The molecule has 1 heterocycles. The SMILES string of the molecule is CCc1oc2ccccc2c1CNCCNC(=O)N(C)C. The minimum Gasteiger partial charge on any atom is -0.461 e. The molecule has 2 N–H and O–H groups in total. The number of fused-ring (bicyclic) bond motifs is 1. The average molecular weight is 289 g/mol. The first kappa shape index (κ1) is 15.4. The van der Waals surface area contributed by atoms with E-state index in [1.807, 2.05) is 18.2 Å². The van der Waals surface area contributed by atoms with Crippen molar-refractivity contribution in [1.29, 1.82) is 0 Å². The molecule has 0 saturated heterocycles. The van der Waals surface area contributed by atoms with Crippen molar-refractivity contribution in [3.8, 4) is 0 Å². The number of furan rings is 1. The summed E-state index contributed by atoms with van der Waals surface area (Å²) in [6.07, 6.45) is 0.878. The molecule has 0 radical (unpaired) electrons. The van der Waals surface area contributed by atoms with Gasteiger partial charge in [0.2, 0.25) is 0 Å². The van der Waals surface area contributed by atoms with E-state index in [0.717, 1.165) is 30.9 Å². The molecule has 0 aliphatic rings. The van der Waals surface area contributed by atoms with Gasteiger partial charge in [-0.3, -0.25) is 0 Å². The molecule has 5 nitrogen and oxygen atoms in total. The third-order valence-corrected chi connectivity index (χ3v) is 3.39. The van der Waals surface area contributed by atoms with Crippen molar-refractivity contribution in [3.05, 3.63) is 35.6 Å². The van der Waals surface area contributed by atoms with Crippen LogP contribution in [0, 0.1) is 0 Å². The highest BCUT2D eigenvalue weighted by molar-refractivity contribution is 5.82. The number of nitrogens with zero attached hydrogens (tertiary/aromatic N) is 1. The van der Waals surface area contributed by atoms with E-state index in [4.69, 9.17) is 4.42 Å². The van der Waals surface area contributed by atoms with Gasteiger partial charge in [0.15, 0.2) is 0 Å². The van der Waals surface area contributed by atoms with Gasteiger partial charge in [0.1, 0.15) is 11.3 Å². The maximum Gasteiger partial charge on any atom is 0.316 e. The third kappa shape index (κ3) is 3.76. The first-order chi connectivity index (χ1) is 10.1. The molecular weight excluding hydrogens is 266 g/mol. The van der Waals surface area contributed by atoms with E-state index >= 15 is 0 Å². The molecule has 0 spiro atoms. The summed E-state index contributed by atoms with van der Waals surface area (Å²) in [5.74, 6) is 1.03. The van der Waals surface area contributed by atoms with Crippen LogP contribution in [0.2, 0.25) is 0 Å². The van der Waals surface area contributed by atoms with Gasteiger partial charge in [0.05, 0.1) is 0 Å². The van der Waals surface area contributed by atoms with Crippen LogP contribution in [0.25, 0.3) is 11.0 Å². The summed E-state index contributed by atoms with van der Waals surface area (Å²) in [5, 5.41) is 7.35. The second-order valence-electron chi connectivity index (χ2n) is 5.16. The zero-order valence-electron chi connectivity index (χ0n) is 12.9. The largest absolute Gasteiger partial charge is 0.461 e. The van der Waals surface area contributed by atoms with E-state index in [1.54, 1.807) is 14.1 Å². The fraction of sp³-hybridized carbons (Fsp3) is 0.438. The smallest absolute Gasteiger partial charge is 0.316 e. The summed E-state index contributed by atoms with van der Waals surface area (Å²) in [4.78, 5) is 12.9.